The van der Waals surface area contributed by atoms with Crippen molar-refractivity contribution in [1.29, 1.82) is 0 Å². The van der Waals surface area contributed by atoms with E-state index in [1.54, 1.807) is 6.07 Å². The highest BCUT2D eigenvalue weighted by Crippen LogP contribution is 2.35. The molecule has 0 saturated heterocycles. The topological polar surface area (TPSA) is 43.1 Å². The molecule has 2 heterocycles. The zero-order chi connectivity index (χ0) is 19.1. The summed E-state index contributed by atoms with van der Waals surface area (Å²) in [6.45, 7) is 10.3. The quantitative estimate of drug-likeness (QED) is 0.482. The molecule has 0 N–H and O–H groups in total. The van der Waals surface area contributed by atoms with Crippen LogP contribution < -0.4 is 0 Å². The molecule has 0 spiro atoms. The van der Waals surface area contributed by atoms with Gasteiger partial charge in [-0.3, -0.25) is 4.79 Å². The number of Topliss-reactive ketones (excluding diaryl/α,β-unsaturated/α-hetero) is 1. The van der Waals surface area contributed by atoms with E-state index in [-0.39, 0.29) is 17.1 Å². The third-order valence-corrected chi connectivity index (χ3v) is 4.98. The number of nitrogens with zero attached hydrogens (tertiary/aromatic N) is 1. The van der Waals surface area contributed by atoms with Crippen LogP contribution in [-0.2, 0) is 5.41 Å². The minimum absolute atomic E-state index is 0.0263. The van der Waals surface area contributed by atoms with Gasteiger partial charge in [0.1, 0.15) is 5.52 Å². The maximum absolute atomic E-state index is 12.6. The summed E-state index contributed by atoms with van der Waals surface area (Å²) in [5, 5.41) is 0.690. The highest BCUT2D eigenvalue weighted by atomic mass is 35.5. The number of aromatic nitrogens is 1. The molecule has 1 aromatic carbocycles. The summed E-state index contributed by atoms with van der Waals surface area (Å²) in [6, 6.07) is 11.4. The van der Waals surface area contributed by atoms with Gasteiger partial charge in [0.15, 0.2) is 11.3 Å². The van der Waals surface area contributed by atoms with E-state index in [1.165, 1.54) is 0 Å². The molecule has 3 nitrogen and oxygen atoms in total. The molecule has 136 valence electrons. The molecule has 2 aromatic heterocycles. The van der Waals surface area contributed by atoms with Gasteiger partial charge in [0.05, 0.1) is 5.69 Å². The maximum Gasteiger partial charge on any atom is 0.200 e. The first kappa shape index (κ1) is 18.7. The van der Waals surface area contributed by atoms with Crippen molar-refractivity contribution in [3.05, 3.63) is 52.7 Å². The molecule has 3 rings (SSSR count). The Hall–Kier alpha value is -2.13. The van der Waals surface area contributed by atoms with Gasteiger partial charge in [-0.15, -0.1) is 0 Å². The first-order valence-corrected chi connectivity index (χ1v) is 9.33. The van der Waals surface area contributed by atoms with Crippen LogP contribution >= 0.6 is 11.6 Å². The van der Waals surface area contributed by atoms with E-state index in [4.69, 9.17) is 21.0 Å². The van der Waals surface area contributed by atoms with Crippen molar-refractivity contribution in [3.8, 4) is 11.3 Å². The highest BCUT2D eigenvalue weighted by Gasteiger charge is 2.25. The Balaban J connectivity index is 2.21. The number of halogens is 1. The number of carbonyl (C=O) groups is 1. The number of pyridine rings is 1. The Labute approximate surface area is 159 Å². The Morgan fingerprint density at radius 1 is 1.19 bits per heavy atom. The lowest BCUT2D eigenvalue weighted by Crippen LogP contribution is -2.12. The third-order valence-electron chi connectivity index (χ3n) is 4.73. The summed E-state index contributed by atoms with van der Waals surface area (Å²) < 4.78 is 5.99. The molecule has 4 heteroatoms. The first-order valence-electron chi connectivity index (χ1n) is 8.96. The fourth-order valence-corrected chi connectivity index (χ4v) is 3.02. The summed E-state index contributed by atoms with van der Waals surface area (Å²) in [7, 11) is 0. The van der Waals surface area contributed by atoms with E-state index in [9.17, 15) is 4.79 Å². The molecule has 0 aliphatic rings. The highest BCUT2D eigenvalue weighted by molar-refractivity contribution is 6.30. The Bertz CT molecular complexity index is 949. The van der Waals surface area contributed by atoms with Crippen LogP contribution in [-0.4, -0.2) is 10.8 Å². The average molecular weight is 370 g/mol. The molecule has 0 saturated carbocycles. The van der Waals surface area contributed by atoms with Crippen molar-refractivity contribution >= 4 is 28.5 Å². The Kier molecular flexibility index (Phi) is 4.94. The molecule has 0 amide bonds. The number of furan rings is 1. The van der Waals surface area contributed by atoms with Gasteiger partial charge < -0.3 is 4.42 Å². The van der Waals surface area contributed by atoms with Gasteiger partial charge in [-0.2, -0.15) is 0 Å². The van der Waals surface area contributed by atoms with Crippen LogP contribution in [0.4, 0.5) is 0 Å². The second-order valence-electron chi connectivity index (χ2n) is 7.81. The smallest absolute Gasteiger partial charge is 0.200 e. The molecule has 0 aliphatic heterocycles. The standard InChI is InChI=1S/C22H24ClNO2/c1-6-13(2)20(25)19-12-18-21(26-19)16(22(3,4)5)11-17(24-18)14-7-9-15(23)10-8-14/h7-13H,6H2,1-5H3. The van der Waals surface area contributed by atoms with Crippen LogP contribution in [0.2, 0.25) is 5.02 Å². The number of carbonyl (C=O) groups excluding carboxylic acids is 1. The summed E-state index contributed by atoms with van der Waals surface area (Å²) in [5.74, 6) is 0.350. The van der Waals surface area contributed by atoms with Crippen LogP contribution in [0.1, 0.15) is 57.2 Å². The number of benzene rings is 1. The fourth-order valence-electron chi connectivity index (χ4n) is 2.90. The number of rotatable bonds is 4. The molecule has 0 radical (unpaired) electrons. The first-order chi connectivity index (χ1) is 12.2. The average Bonchev–Trinajstić information content (AvgIpc) is 3.03. The molecule has 1 unspecified atom stereocenters. The summed E-state index contributed by atoms with van der Waals surface area (Å²) in [4.78, 5) is 17.3. The zero-order valence-electron chi connectivity index (χ0n) is 15.9. The Morgan fingerprint density at radius 3 is 2.42 bits per heavy atom. The lowest BCUT2D eigenvalue weighted by atomic mass is 9.86. The van der Waals surface area contributed by atoms with E-state index in [2.05, 4.69) is 20.8 Å². The van der Waals surface area contributed by atoms with E-state index in [0.717, 1.165) is 23.2 Å². The predicted molar refractivity (Wildman–Crippen MR) is 107 cm³/mol. The monoisotopic (exact) mass is 369 g/mol. The molecule has 0 aliphatic carbocycles. The molecular weight excluding hydrogens is 346 g/mol. The Morgan fingerprint density at radius 2 is 1.85 bits per heavy atom. The minimum Gasteiger partial charge on any atom is -0.451 e. The molecule has 26 heavy (non-hydrogen) atoms. The van der Waals surface area contributed by atoms with Crippen LogP contribution in [0.15, 0.2) is 40.8 Å². The summed E-state index contributed by atoms with van der Waals surface area (Å²) >= 11 is 6.01. The normalized spacial score (nSPS) is 13.2. The van der Waals surface area contributed by atoms with Gasteiger partial charge >= 0.3 is 0 Å². The molecule has 0 fully saturated rings. The van der Waals surface area contributed by atoms with Crippen molar-refractivity contribution in [2.75, 3.05) is 0 Å². The van der Waals surface area contributed by atoms with Crippen LogP contribution in [0.25, 0.3) is 22.4 Å². The summed E-state index contributed by atoms with van der Waals surface area (Å²) in [6.07, 6.45) is 0.783. The molecule has 1 atom stereocenters. The summed E-state index contributed by atoms with van der Waals surface area (Å²) in [5.41, 5.74) is 4.14. The number of hydrogen-bond donors (Lipinski definition) is 0. The van der Waals surface area contributed by atoms with Crippen molar-refractivity contribution in [1.82, 2.24) is 4.98 Å². The van der Waals surface area contributed by atoms with Crippen molar-refractivity contribution in [2.45, 2.75) is 46.5 Å². The number of hydrogen-bond acceptors (Lipinski definition) is 3. The van der Waals surface area contributed by atoms with Crippen molar-refractivity contribution in [3.63, 3.8) is 0 Å². The number of ketones is 1. The zero-order valence-corrected chi connectivity index (χ0v) is 16.6. The van der Waals surface area contributed by atoms with Gasteiger partial charge in [-0.25, -0.2) is 4.98 Å². The second kappa shape index (κ2) is 6.88. The van der Waals surface area contributed by atoms with E-state index in [0.29, 0.717) is 21.9 Å². The van der Waals surface area contributed by atoms with Crippen LogP contribution in [0.5, 0.6) is 0 Å². The van der Waals surface area contributed by atoms with E-state index < -0.39 is 0 Å². The molecule has 3 aromatic rings. The van der Waals surface area contributed by atoms with Gasteiger partial charge in [-0.1, -0.05) is 58.4 Å². The van der Waals surface area contributed by atoms with Gasteiger partial charge in [-0.05, 0) is 30.0 Å². The maximum atomic E-state index is 12.6. The molecule has 0 bridgehead atoms. The lowest BCUT2D eigenvalue weighted by Gasteiger charge is -2.20. The van der Waals surface area contributed by atoms with Crippen molar-refractivity contribution < 1.29 is 9.21 Å². The largest absolute Gasteiger partial charge is 0.451 e. The predicted octanol–water partition coefficient (Wildman–Crippen LogP) is 6.67. The minimum atomic E-state index is -0.142. The van der Waals surface area contributed by atoms with Crippen LogP contribution in [0.3, 0.4) is 0 Å². The third kappa shape index (κ3) is 3.54. The second-order valence-corrected chi connectivity index (χ2v) is 8.25. The fraction of sp³-hybridized carbons (Fsp3) is 0.364. The van der Waals surface area contributed by atoms with Gasteiger partial charge in [0.25, 0.3) is 0 Å². The van der Waals surface area contributed by atoms with E-state index >= 15 is 0 Å². The van der Waals surface area contributed by atoms with Crippen LogP contribution in [0, 0.1) is 5.92 Å². The van der Waals surface area contributed by atoms with Gasteiger partial charge in [0, 0.05) is 28.1 Å². The van der Waals surface area contributed by atoms with Crippen molar-refractivity contribution in [2.24, 2.45) is 5.92 Å². The lowest BCUT2D eigenvalue weighted by molar-refractivity contribution is 0.0901. The van der Waals surface area contributed by atoms with Gasteiger partial charge in [0.2, 0.25) is 5.78 Å². The number of fused-ring (bicyclic) bond motifs is 1. The SMILES string of the molecule is CCC(C)C(=O)c1cc2nc(-c3ccc(Cl)cc3)cc(C(C)(C)C)c2o1. The molecular formula is C22H24ClNO2. The van der Waals surface area contributed by atoms with E-state index in [1.807, 2.05) is 44.2 Å².